The third-order valence-electron chi connectivity index (χ3n) is 4.33. The summed E-state index contributed by atoms with van der Waals surface area (Å²) in [5.41, 5.74) is 5.24. The number of carbonyl (C=O) groups excluding carboxylic acids is 1. The van der Waals surface area contributed by atoms with Crippen molar-refractivity contribution in [3.05, 3.63) is 0 Å². The lowest BCUT2D eigenvalue weighted by Gasteiger charge is -2.42. The molecule has 1 fully saturated rings. The van der Waals surface area contributed by atoms with Crippen molar-refractivity contribution < 1.29 is 9.90 Å². The predicted octanol–water partition coefficient (Wildman–Crippen LogP) is 2.23. The van der Waals surface area contributed by atoms with Crippen LogP contribution in [0.4, 0.5) is 0 Å². The highest BCUT2D eigenvalue weighted by molar-refractivity contribution is 7.80. The van der Waals surface area contributed by atoms with Crippen molar-refractivity contribution in [2.24, 2.45) is 11.1 Å². The van der Waals surface area contributed by atoms with Gasteiger partial charge in [-0.1, -0.05) is 38.9 Å². The maximum Gasteiger partial charge on any atom is 0.235 e. The molecule has 0 aromatic carbocycles. The normalized spacial score (nSPS) is 19.9. The number of thiocarbonyl (C=S) groups is 1. The van der Waals surface area contributed by atoms with Crippen LogP contribution in [0.5, 0.6) is 0 Å². The van der Waals surface area contributed by atoms with E-state index in [9.17, 15) is 9.90 Å². The molecule has 0 aromatic heterocycles. The summed E-state index contributed by atoms with van der Waals surface area (Å²) in [7, 11) is 0. The van der Waals surface area contributed by atoms with E-state index in [4.69, 9.17) is 18.0 Å². The molecule has 0 aromatic rings. The van der Waals surface area contributed by atoms with Crippen LogP contribution < -0.4 is 5.73 Å². The first kappa shape index (κ1) is 17.4. The highest BCUT2D eigenvalue weighted by atomic mass is 32.1. The topological polar surface area (TPSA) is 66.6 Å². The Hall–Kier alpha value is -0.680. The van der Waals surface area contributed by atoms with Crippen LogP contribution in [0.3, 0.4) is 0 Å². The maximum absolute atomic E-state index is 13.1. The smallest absolute Gasteiger partial charge is 0.235 e. The van der Waals surface area contributed by atoms with Crippen LogP contribution in [0.2, 0.25) is 0 Å². The molecule has 4 nitrogen and oxygen atoms in total. The first-order valence-corrected chi connectivity index (χ1v) is 8.16. The van der Waals surface area contributed by atoms with Gasteiger partial charge in [0.15, 0.2) is 0 Å². The Morgan fingerprint density at radius 1 is 1.35 bits per heavy atom. The van der Waals surface area contributed by atoms with E-state index in [2.05, 4.69) is 13.8 Å². The monoisotopic (exact) mass is 300 g/mol. The first-order chi connectivity index (χ1) is 9.53. The largest absolute Gasteiger partial charge is 0.394 e. The van der Waals surface area contributed by atoms with Crippen molar-refractivity contribution in [2.45, 2.75) is 64.8 Å². The number of piperidine rings is 1. The van der Waals surface area contributed by atoms with Crippen molar-refractivity contribution in [3.63, 3.8) is 0 Å². The van der Waals surface area contributed by atoms with Gasteiger partial charge < -0.3 is 15.7 Å². The first-order valence-electron chi connectivity index (χ1n) is 7.75. The zero-order valence-electron chi connectivity index (χ0n) is 12.7. The molecule has 1 saturated heterocycles. The molecule has 1 heterocycles. The van der Waals surface area contributed by atoms with E-state index < -0.39 is 5.41 Å². The average Bonchev–Trinajstić information content (AvgIpc) is 2.45. The van der Waals surface area contributed by atoms with Gasteiger partial charge in [-0.15, -0.1) is 0 Å². The number of nitrogens with two attached hydrogens (primary N) is 1. The average molecular weight is 300 g/mol. The van der Waals surface area contributed by atoms with E-state index in [-0.39, 0.29) is 18.6 Å². The Balaban J connectivity index is 3.04. The van der Waals surface area contributed by atoms with E-state index in [1.807, 2.05) is 4.90 Å². The van der Waals surface area contributed by atoms with Crippen LogP contribution >= 0.6 is 12.2 Å². The molecule has 0 aliphatic carbocycles. The summed E-state index contributed by atoms with van der Waals surface area (Å²) in [5, 5.41) is 9.52. The number of hydrogen-bond donors (Lipinski definition) is 2. The zero-order valence-corrected chi connectivity index (χ0v) is 13.5. The van der Waals surface area contributed by atoms with Crippen LogP contribution in [0.1, 0.15) is 58.8 Å². The number of likely N-dealkylation sites (tertiary alicyclic amines) is 1. The second-order valence-corrected chi connectivity index (χ2v) is 6.22. The lowest BCUT2D eigenvalue weighted by molar-refractivity contribution is -0.144. The van der Waals surface area contributed by atoms with Gasteiger partial charge in [0.25, 0.3) is 0 Å². The number of rotatable bonds is 7. The molecule has 0 saturated carbocycles. The highest BCUT2D eigenvalue weighted by Gasteiger charge is 2.44. The summed E-state index contributed by atoms with van der Waals surface area (Å²) in [6.07, 6.45) is 6.08. The number of nitrogens with zero attached hydrogens (tertiary/aromatic N) is 1. The molecular formula is C15H28N2O2S. The SMILES string of the molecule is CCCC(CCC)(C(=O)N1CCCCC1CO)C(N)=S. The standard InChI is InChI=1S/C15H28N2O2S/c1-3-8-15(9-4-2,13(16)20)14(19)17-10-6-5-7-12(17)11-18/h12,18H,3-11H2,1-2H3,(H2,16,20). The Morgan fingerprint density at radius 2 is 1.95 bits per heavy atom. The fourth-order valence-electron chi connectivity index (χ4n) is 3.28. The molecule has 5 heteroatoms. The van der Waals surface area contributed by atoms with Crippen LogP contribution in [0.15, 0.2) is 0 Å². The van der Waals surface area contributed by atoms with Crippen LogP contribution in [0.25, 0.3) is 0 Å². The summed E-state index contributed by atoms with van der Waals surface area (Å²) in [4.78, 5) is 15.2. The molecule has 1 aliphatic rings. The fraction of sp³-hybridized carbons (Fsp3) is 0.867. The molecule has 116 valence electrons. The second kappa shape index (κ2) is 7.93. The van der Waals surface area contributed by atoms with Crippen molar-refractivity contribution in [1.29, 1.82) is 0 Å². The molecule has 1 aliphatic heterocycles. The van der Waals surface area contributed by atoms with E-state index in [0.717, 1.165) is 32.1 Å². The van der Waals surface area contributed by atoms with E-state index in [0.29, 0.717) is 24.4 Å². The molecule has 20 heavy (non-hydrogen) atoms. The summed E-state index contributed by atoms with van der Waals surface area (Å²) in [6.45, 7) is 4.84. The molecule has 0 radical (unpaired) electrons. The molecule has 3 N–H and O–H groups in total. The number of carbonyl (C=O) groups is 1. The molecule has 1 amide bonds. The third-order valence-corrected chi connectivity index (χ3v) is 4.72. The number of aliphatic hydroxyl groups excluding tert-OH is 1. The Morgan fingerprint density at radius 3 is 2.40 bits per heavy atom. The molecular weight excluding hydrogens is 272 g/mol. The number of amides is 1. The maximum atomic E-state index is 13.1. The highest BCUT2D eigenvalue weighted by Crippen LogP contribution is 2.35. The van der Waals surface area contributed by atoms with Gasteiger partial charge >= 0.3 is 0 Å². The van der Waals surface area contributed by atoms with Gasteiger partial charge in [0.2, 0.25) is 5.91 Å². The minimum absolute atomic E-state index is 0.0252. The van der Waals surface area contributed by atoms with Crippen molar-refractivity contribution in [3.8, 4) is 0 Å². The molecule has 0 bridgehead atoms. The lowest BCUT2D eigenvalue weighted by Crippen LogP contribution is -2.55. The Bertz CT molecular complexity index is 341. The van der Waals surface area contributed by atoms with E-state index in [1.165, 1.54) is 0 Å². The van der Waals surface area contributed by atoms with Gasteiger partial charge in [-0.25, -0.2) is 0 Å². The summed E-state index contributed by atoms with van der Waals surface area (Å²) in [6, 6.07) is -0.0707. The van der Waals surface area contributed by atoms with Gasteiger partial charge in [-0.3, -0.25) is 4.79 Å². The van der Waals surface area contributed by atoms with Crippen molar-refractivity contribution in [1.82, 2.24) is 4.90 Å². The van der Waals surface area contributed by atoms with Gasteiger partial charge in [0, 0.05) is 6.54 Å². The van der Waals surface area contributed by atoms with Crippen molar-refractivity contribution in [2.75, 3.05) is 13.2 Å². The third kappa shape index (κ3) is 3.50. The van der Waals surface area contributed by atoms with Gasteiger partial charge in [-0.2, -0.15) is 0 Å². The molecule has 1 unspecified atom stereocenters. The molecule has 0 spiro atoms. The van der Waals surface area contributed by atoms with Gasteiger partial charge in [0.1, 0.15) is 0 Å². The Kier molecular flexibility index (Phi) is 6.89. The zero-order chi connectivity index (χ0) is 15.2. The number of aliphatic hydroxyl groups is 1. The minimum Gasteiger partial charge on any atom is -0.394 e. The minimum atomic E-state index is -0.719. The predicted molar refractivity (Wildman–Crippen MR) is 85.5 cm³/mol. The fourth-order valence-corrected chi connectivity index (χ4v) is 3.57. The quantitative estimate of drug-likeness (QED) is 0.708. The second-order valence-electron chi connectivity index (χ2n) is 5.78. The van der Waals surface area contributed by atoms with Gasteiger partial charge in [-0.05, 0) is 32.1 Å². The van der Waals surface area contributed by atoms with Crippen LogP contribution in [0, 0.1) is 5.41 Å². The molecule has 1 rings (SSSR count). The summed E-state index contributed by atoms with van der Waals surface area (Å²) < 4.78 is 0. The lowest BCUT2D eigenvalue weighted by atomic mass is 9.77. The van der Waals surface area contributed by atoms with E-state index in [1.54, 1.807) is 0 Å². The molecule has 1 atom stereocenters. The summed E-state index contributed by atoms with van der Waals surface area (Å²) >= 11 is 5.25. The Labute approximate surface area is 127 Å². The van der Waals surface area contributed by atoms with Gasteiger partial charge in [0.05, 0.1) is 23.1 Å². The van der Waals surface area contributed by atoms with Crippen LogP contribution in [-0.4, -0.2) is 40.1 Å². The summed E-state index contributed by atoms with van der Waals surface area (Å²) in [5.74, 6) is 0.0347. The van der Waals surface area contributed by atoms with E-state index >= 15 is 0 Å². The van der Waals surface area contributed by atoms with Crippen molar-refractivity contribution >= 4 is 23.1 Å². The number of hydrogen-bond acceptors (Lipinski definition) is 3. The van der Waals surface area contributed by atoms with Crippen LogP contribution in [-0.2, 0) is 4.79 Å².